The first-order valence-electron chi connectivity index (χ1n) is 6.17. The van der Waals surface area contributed by atoms with Crippen LogP contribution in [0.5, 0.6) is 0 Å². The van der Waals surface area contributed by atoms with Gasteiger partial charge in [0.05, 0.1) is 0 Å². The summed E-state index contributed by atoms with van der Waals surface area (Å²) >= 11 is 0. The van der Waals surface area contributed by atoms with Gasteiger partial charge in [-0.25, -0.2) is 0 Å². The molecule has 2 bridgehead atoms. The minimum Gasteiger partial charge on any atom is -0.398 e. The summed E-state index contributed by atoms with van der Waals surface area (Å²) in [6.07, 6.45) is 12.2. The number of nitrogens with two attached hydrogens (primary N) is 1. The van der Waals surface area contributed by atoms with Crippen molar-refractivity contribution < 1.29 is 0 Å². The van der Waals surface area contributed by atoms with Crippen molar-refractivity contribution in [1.29, 1.82) is 0 Å². The molecule has 0 aromatic heterocycles. The van der Waals surface area contributed by atoms with Crippen LogP contribution in [0.3, 0.4) is 0 Å². The van der Waals surface area contributed by atoms with E-state index in [1.165, 1.54) is 16.7 Å². The van der Waals surface area contributed by atoms with Crippen LogP contribution < -0.4 is 5.73 Å². The summed E-state index contributed by atoms with van der Waals surface area (Å²) in [5.41, 5.74) is 15.0. The molecule has 0 saturated heterocycles. The minimum atomic E-state index is 0.342. The summed E-state index contributed by atoms with van der Waals surface area (Å²) in [5.74, 6) is 0.342. The lowest BCUT2D eigenvalue weighted by Gasteiger charge is -2.23. The lowest BCUT2D eigenvalue weighted by atomic mass is 9.82. The monoisotopic (exact) mass is 233 g/mol. The van der Waals surface area contributed by atoms with Gasteiger partial charge in [-0.3, -0.25) is 0 Å². The van der Waals surface area contributed by atoms with Crippen LogP contribution in [-0.4, -0.2) is 0 Å². The van der Waals surface area contributed by atoms with E-state index in [0.29, 0.717) is 5.92 Å². The van der Waals surface area contributed by atoms with E-state index in [-0.39, 0.29) is 0 Å². The first-order chi connectivity index (χ1) is 8.75. The fourth-order valence-electron chi connectivity index (χ4n) is 2.50. The van der Waals surface area contributed by atoms with Crippen LogP contribution in [0.2, 0.25) is 0 Å². The Balaban J connectivity index is 2.32. The second-order valence-corrected chi connectivity index (χ2v) is 4.70. The molecule has 1 atom stereocenters. The Bertz CT molecular complexity index is 650. The van der Waals surface area contributed by atoms with Gasteiger partial charge in [-0.1, -0.05) is 43.4 Å². The van der Waals surface area contributed by atoms with Crippen molar-refractivity contribution in [2.45, 2.75) is 6.92 Å². The zero-order valence-electron chi connectivity index (χ0n) is 10.4. The maximum absolute atomic E-state index is 6.12. The third kappa shape index (κ3) is 1.75. The fraction of sp³-hybridized carbons (Fsp3) is 0.118. The molecule has 0 spiro atoms. The average Bonchev–Trinajstić information content (AvgIpc) is 2.36. The number of rotatable bonds is 0. The van der Waals surface area contributed by atoms with Crippen LogP contribution >= 0.6 is 0 Å². The lowest BCUT2D eigenvalue weighted by Crippen LogP contribution is -2.11. The Hall–Kier alpha value is -2.24. The number of benzene rings is 1. The Labute approximate surface area is 107 Å². The molecular weight excluding hydrogens is 218 g/mol. The molecule has 0 radical (unpaired) electrons. The van der Waals surface area contributed by atoms with Crippen LogP contribution in [0, 0.1) is 5.92 Å². The molecule has 0 fully saturated rings. The Morgan fingerprint density at radius 2 is 2.06 bits per heavy atom. The zero-order chi connectivity index (χ0) is 12.5. The van der Waals surface area contributed by atoms with Gasteiger partial charge in [0.2, 0.25) is 0 Å². The van der Waals surface area contributed by atoms with Gasteiger partial charge in [0.25, 0.3) is 0 Å². The molecule has 0 aliphatic heterocycles. The lowest BCUT2D eigenvalue weighted by molar-refractivity contribution is 0.950. The van der Waals surface area contributed by atoms with Gasteiger partial charge in [0.1, 0.15) is 0 Å². The molecule has 0 saturated carbocycles. The van der Waals surface area contributed by atoms with Crippen molar-refractivity contribution in [2.75, 3.05) is 0 Å². The van der Waals surface area contributed by atoms with Gasteiger partial charge in [-0.15, -0.1) is 5.73 Å². The van der Waals surface area contributed by atoms with E-state index in [2.05, 4.69) is 49.1 Å². The largest absolute Gasteiger partial charge is 0.398 e. The summed E-state index contributed by atoms with van der Waals surface area (Å²) < 4.78 is 0. The minimum absolute atomic E-state index is 0.342. The molecule has 18 heavy (non-hydrogen) atoms. The van der Waals surface area contributed by atoms with Crippen molar-refractivity contribution in [1.82, 2.24) is 0 Å². The molecule has 0 heterocycles. The fourth-order valence-corrected chi connectivity index (χ4v) is 2.50. The number of fused-ring (bicyclic) bond motifs is 1. The van der Waals surface area contributed by atoms with Crippen LogP contribution in [0.1, 0.15) is 23.6 Å². The molecule has 0 amide bonds. The predicted molar refractivity (Wildman–Crippen MR) is 77.4 cm³/mol. The maximum Gasteiger partial charge on any atom is 0.0359 e. The van der Waals surface area contributed by atoms with Crippen molar-refractivity contribution >= 4 is 17.3 Å². The summed E-state index contributed by atoms with van der Waals surface area (Å²) in [6.45, 7) is 2.17. The molecule has 2 aliphatic carbocycles. The van der Waals surface area contributed by atoms with E-state index < -0.39 is 0 Å². The third-order valence-corrected chi connectivity index (χ3v) is 3.43. The Morgan fingerprint density at radius 3 is 2.94 bits per heavy atom. The second-order valence-electron chi connectivity index (χ2n) is 4.70. The Morgan fingerprint density at radius 1 is 1.17 bits per heavy atom. The first-order valence-corrected chi connectivity index (χ1v) is 6.17. The van der Waals surface area contributed by atoms with Crippen molar-refractivity contribution in [3.05, 3.63) is 71.0 Å². The maximum atomic E-state index is 6.12. The van der Waals surface area contributed by atoms with Crippen LogP contribution in [0.15, 0.2) is 54.3 Å². The molecule has 2 aliphatic rings. The predicted octanol–water partition coefficient (Wildman–Crippen LogP) is 3.76. The van der Waals surface area contributed by atoms with E-state index >= 15 is 0 Å². The highest BCUT2D eigenvalue weighted by Gasteiger charge is 2.19. The van der Waals surface area contributed by atoms with E-state index in [9.17, 15) is 0 Å². The van der Waals surface area contributed by atoms with E-state index in [0.717, 1.165) is 11.3 Å². The summed E-state index contributed by atoms with van der Waals surface area (Å²) in [4.78, 5) is 0. The van der Waals surface area contributed by atoms with Gasteiger partial charge in [0, 0.05) is 17.2 Å². The van der Waals surface area contributed by atoms with E-state index in [1.807, 2.05) is 18.2 Å². The van der Waals surface area contributed by atoms with Gasteiger partial charge in [-0.2, -0.15) is 0 Å². The van der Waals surface area contributed by atoms with Crippen LogP contribution in [-0.2, 0) is 0 Å². The highest BCUT2D eigenvalue weighted by Crippen LogP contribution is 2.36. The van der Waals surface area contributed by atoms with Gasteiger partial charge < -0.3 is 5.73 Å². The Kier molecular flexibility index (Phi) is 2.55. The quantitative estimate of drug-likeness (QED) is 0.678. The molecular formula is C17H15N. The van der Waals surface area contributed by atoms with Gasteiger partial charge >= 0.3 is 0 Å². The van der Waals surface area contributed by atoms with E-state index in [1.54, 1.807) is 0 Å². The molecule has 88 valence electrons. The molecule has 1 aromatic rings. The van der Waals surface area contributed by atoms with Gasteiger partial charge in [-0.05, 0) is 34.9 Å². The SMILES string of the molecule is CC1C=C(N)c2ccc3cc2/C1=C\C=C=CC=C3. The van der Waals surface area contributed by atoms with E-state index in [4.69, 9.17) is 5.73 Å². The molecule has 1 heteroatoms. The number of hydrogen-bond donors (Lipinski definition) is 1. The topological polar surface area (TPSA) is 26.0 Å². The van der Waals surface area contributed by atoms with Gasteiger partial charge in [0.15, 0.2) is 0 Å². The zero-order valence-corrected chi connectivity index (χ0v) is 10.4. The summed E-state index contributed by atoms with van der Waals surface area (Å²) in [5, 5.41) is 0. The second kappa shape index (κ2) is 4.21. The third-order valence-electron chi connectivity index (χ3n) is 3.43. The standard InChI is InChI=1S/C17H15N/c1-12-10-17(18)15-9-8-13-6-4-2-3-5-7-14(12)16(15)11-13/h2,4-12H,18H2,1H3/b6-4?,14-7-. The number of allylic oxidation sites excluding steroid dienone is 5. The smallest absolute Gasteiger partial charge is 0.0359 e. The average molecular weight is 233 g/mol. The van der Waals surface area contributed by atoms with Crippen molar-refractivity contribution in [3.63, 3.8) is 0 Å². The van der Waals surface area contributed by atoms with Crippen molar-refractivity contribution in [2.24, 2.45) is 11.7 Å². The van der Waals surface area contributed by atoms with Crippen LogP contribution in [0.25, 0.3) is 17.3 Å². The molecule has 1 nitrogen and oxygen atoms in total. The van der Waals surface area contributed by atoms with Crippen molar-refractivity contribution in [3.8, 4) is 0 Å². The van der Waals surface area contributed by atoms with Crippen LogP contribution in [0.4, 0.5) is 0 Å². The highest BCUT2D eigenvalue weighted by atomic mass is 14.6. The molecule has 2 N–H and O–H groups in total. The summed E-state index contributed by atoms with van der Waals surface area (Å²) in [6, 6.07) is 6.42. The first kappa shape index (κ1) is 10.9. The number of hydrogen-bond acceptors (Lipinski definition) is 1. The molecule has 3 rings (SSSR count). The summed E-state index contributed by atoms with van der Waals surface area (Å²) in [7, 11) is 0. The molecule has 1 unspecified atom stereocenters. The molecule has 1 aromatic carbocycles. The normalized spacial score (nSPS) is 23.3. The highest BCUT2D eigenvalue weighted by molar-refractivity contribution is 5.86.